The van der Waals surface area contributed by atoms with Crippen LogP contribution in [0.4, 0.5) is 11.4 Å². The average Bonchev–Trinajstić information content (AvgIpc) is 3.07. The standard InChI is InChI=1S/C23H29N5O2S2/c1-14-15(2)32-23-20(14)22(30)25-19(26-23)13-31-16(3)21(29)24-17-5-7-18(8-6-17)28-11-9-27(4)10-12-28/h5-8,16H,9-13H2,1-4H3,(H,24,29)(H,25,26,30)/t16-/m0/s1. The highest BCUT2D eigenvalue weighted by Crippen LogP contribution is 2.27. The van der Waals surface area contributed by atoms with Crippen molar-refractivity contribution in [2.45, 2.75) is 31.8 Å². The minimum absolute atomic E-state index is 0.0615. The van der Waals surface area contributed by atoms with Crippen molar-refractivity contribution in [1.82, 2.24) is 14.9 Å². The highest BCUT2D eigenvalue weighted by atomic mass is 32.2. The zero-order valence-electron chi connectivity index (χ0n) is 18.9. The van der Waals surface area contributed by atoms with Gasteiger partial charge in [0.1, 0.15) is 10.7 Å². The van der Waals surface area contributed by atoms with Crippen LogP contribution in [-0.4, -0.2) is 59.3 Å². The van der Waals surface area contributed by atoms with Gasteiger partial charge in [-0.15, -0.1) is 23.1 Å². The number of nitrogens with one attached hydrogen (secondary N) is 2. The van der Waals surface area contributed by atoms with Crippen LogP contribution < -0.4 is 15.8 Å². The number of rotatable bonds is 6. The van der Waals surface area contributed by atoms with Crippen LogP contribution in [0.2, 0.25) is 0 Å². The molecule has 3 heterocycles. The number of hydrogen-bond acceptors (Lipinski definition) is 7. The van der Waals surface area contributed by atoms with Gasteiger partial charge in [-0.05, 0) is 57.6 Å². The van der Waals surface area contributed by atoms with Crippen LogP contribution in [0.3, 0.4) is 0 Å². The summed E-state index contributed by atoms with van der Waals surface area (Å²) in [6.07, 6.45) is 0. The number of benzene rings is 1. The van der Waals surface area contributed by atoms with Crippen molar-refractivity contribution in [2.24, 2.45) is 0 Å². The molecule has 0 unspecified atom stereocenters. The van der Waals surface area contributed by atoms with Crippen molar-refractivity contribution in [3.63, 3.8) is 0 Å². The molecule has 7 nitrogen and oxygen atoms in total. The molecule has 1 amide bonds. The lowest BCUT2D eigenvalue weighted by Gasteiger charge is -2.34. The maximum absolute atomic E-state index is 12.6. The monoisotopic (exact) mass is 471 g/mol. The van der Waals surface area contributed by atoms with E-state index < -0.39 is 0 Å². The normalized spacial score (nSPS) is 15.8. The molecular weight excluding hydrogens is 442 g/mol. The molecule has 170 valence electrons. The van der Waals surface area contributed by atoms with Crippen LogP contribution in [0.25, 0.3) is 10.2 Å². The molecule has 1 aliphatic heterocycles. The van der Waals surface area contributed by atoms with Gasteiger partial charge < -0.3 is 20.1 Å². The number of anilines is 2. The number of aromatic nitrogens is 2. The third kappa shape index (κ3) is 5.00. The van der Waals surface area contributed by atoms with Crippen LogP contribution in [0.5, 0.6) is 0 Å². The molecule has 1 fully saturated rings. The van der Waals surface area contributed by atoms with E-state index in [0.29, 0.717) is 17.0 Å². The lowest BCUT2D eigenvalue weighted by Crippen LogP contribution is -2.44. The van der Waals surface area contributed by atoms with Crippen molar-refractivity contribution < 1.29 is 4.79 Å². The number of aromatic amines is 1. The number of fused-ring (bicyclic) bond motifs is 1. The first kappa shape index (κ1) is 22.8. The first-order valence-electron chi connectivity index (χ1n) is 10.8. The third-order valence-corrected chi connectivity index (χ3v) is 8.19. The summed E-state index contributed by atoms with van der Waals surface area (Å²) in [5, 5.41) is 3.39. The van der Waals surface area contributed by atoms with Crippen molar-refractivity contribution in [3.8, 4) is 0 Å². The number of aryl methyl sites for hydroxylation is 2. The summed E-state index contributed by atoms with van der Waals surface area (Å²) < 4.78 is 0. The predicted molar refractivity (Wildman–Crippen MR) is 135 cm³/mol. The number of nitrogens with zero attached hydrogens (tertiary/aromatic N) is 3. The lowest BCUT2D eigenvalue weighted by atomic mass is 10.2. The predicted octanol–water partition coefficient (Wildman–Crippen LogP) is 3.61. The zero-order chi connectivity index (χ0) is 22.8. The van der Waals surface area contributed by atoms with Crippen LogP contribution in [0.15, 0.2) is 29.1 Å². The van der Waals surface area contributed by atoms with E-state index in [4.69, 9.17) is 0 Å². The van der Waals surface area contributed by atoms with Gasteiger partial charge in [0.25, 0.3) is 5.56 Å². The van der Waals surface area contributed by atoms with Crippen molar-refractivity contribution in [3.05, 3.63) is 50.9 Å². The Kier molecular flexibility index (Phi) is 6.88. The smallest absolute Gasteiger partial charge is 0.259 e. The minimum atomic E-state index is -0.278. The molecule has 2 aromatic heterocycles. The van der Waals surface area contributed by atoms with Gasteiger partial charge in [0, 0.05) is 42.4 Å². The number of H-pyrrole nitrogens is 1. The van der Waals surface area contributed by atoms with E-state index in [1.165, 1.54) is 28.8 Å². The number of amides is 1. The van der Waals surface area contributed by atoms with Gasteiger partial charge in [-0.1, -0.05) is 0 Å². The second-order valence-corrected chi connectivity index (χ2v) is 10.8. The first-order valence-corrected chi connectivity index (χ1v) is 12.6. The summed E-state index contributed by atoms with van der Waals surface area (Å²) in [5.74, 6) is 1.01. The Hall–Kier alpha value is -2.36. The Morgan fingerprint density at radius 3 is 2.59 bits per heavy atom. The fourth-order valence-corrected chi connectivity index (χ4v) is 5.52. The summed E-state index contributed by atoms with van der Waals surface area (Å²) in [7, 11) is 2.14. The van der Waals surface area contributed by atoms with E-state index >= 15 is 0 Å². The number of piperazine rings is 1. The van der Waals surface area contributed by atoms with Crippen LogP contribution in [0, 0.1) is 13.8 Å². The molecule has 0 radical (unpaired) electrons. The second-order valence-electron chi connectivity index (χ2n) is 8.26. The molecular formula is C23H29N5O2S2. The Bertz CT molecular complexity index is 1160. The van der Waals surface area contributed by atoms with Gasteiger partial charge in [-0.2, -0.15) is 0 Å². The second kappa shape index (κ2) is 9.64. The number of likely N-dealkylation sites (N-methyl/N-ethyl adjacent to an activating group) is 1. The SMILES string of the molecule is Cc1sc2nc(CS[C@@H](C)C(=O)Nc3ccc(N4CCN(C)CC4)cc3)[nH]c(=O)c2c1C. The fraction of sp³-hybridized carbons (Fsp3) is 0.435. The largest absolute Gasteiger partial charge is 0.369 e. The highest BCUT2D eigenvalue weighted by Gasteiger charge is 2.17. The van der Waals surface area contributed by atoms with Crippen LogP contribution in [0.1, 0.15) is 23.2 Å². The van der Waals surface area contributed by atoms with Crippen LogP contribution >= 0.6 is 23.1 Å². The average molecular weight is 472 g/mol. The third-order valence-electron chi connectivity index (χ3n) is 5.93. The van der Waals surface area contributed by atoms with Crippen molar-refractivity contribution >= 4 is 50.6 Å². The summed E-state index contributed by atoms with van der Waals surface area (Å²) in [6, 6.07) is 8.04. The maximum atomic E-state index is 12.6. The molecule has 9 heteroatoms. The molecule has 4 rings (SSSR count). The molecule has 2 N–H and O–H groups in total. The number of hydrogen-bond donors (Lipinski definition) is 2. The van der Waals surface area contributed by atoms with E-state index in [1.54, 1.807) is 0 Å². The van der Waals surface area contributed by atoms with Gasteiger partial charge in [0.15, 0.2) is 0 Å². The van der Waals surface area contributed by atoms with Gasteiger partial charge in [0.2, 0.25) is 5.91 Å². The van der Waals surface area contributed by atoms with E-state index in [1.807, 2.05) is 32.9 Å². The first-order chi connectivity index (χ1) is 15.3. The Labute approximate surface area is 196 Å². The molecule has 32 heavy (non-hydrogen) atoms. The zero-order valence-corrected chi connectivity index (χ0v) is 20.5. The number of carbonyl (C=O) groups excluding carboxylic acids is 1. The fourth-order valence-electron chi connectivity index (χ4n) is 3.71. The Morgan fingerprint density at radius 1 is 1.22 bits per heavy atom. The summed E-state index contributed by atoms with van der Waals surface area (Å²) in [5.41, 5.74) is 2.86. The Balaban J connectivity index is 1.33. The molecule has 3 aromatic rings. The van der Waals surface area contributed by atoms with Crippen LogP contribution in [-0.2, 0) is 10.5 Å². The molecule has 1 aromatic carbocycles. The molecule has 1 saturated heterocycles. The van der Waals surface area contributed by atoms with Gasteiger partial charge >= 0.3 is 0 Å². The van der Waals surface area contributed by atoms with Crippen molar-refractivity contribution in [2.75, 3.05) is 43.4 Å². The lowest BCUT2D eigenvalue weighted by molar-refractivity contribution is -0.115. The quantitative estimate of drug-likeness (QED) is 0.572. The number of carbonyl (C=O) groups is 1. The van der Waals surface area contributed by atoms with E-state index in [0.717, 1.165) is 47.1 Å². The van der Waals surface area contributed by atoms with Gasteiger partial charge in [-0.3, -0.25) is 9.59 Å². The van der Waals surface area contributed by atoms with E-state index in [9.17, 15) is 9.59 Å². The topological polar surface area (TPSA) is 81.3 Å². The van der Waals surface area contributed by atoms with Crippen molar-refractivity contribution in [1.29, 1.82) is 0 Å². The summed E-state index contributed by atoms with van der Waals surface area (Å²) in [4.78, 5) is 39.1. The molecule has 0 spiro atoms. The molecule has 0 aliphatic carbocycles. The molecule has 1 atom stereocenters. The van der Waals surface area contributed by atoms with Gasteiger partial charge in [0.05, 0.1) is 16.4 Å². The van der Waals surface area contributed by atoms with E-state index in [2.05, 4.69) is 44.3 Å². The van der Waals surface area contributed by atoms with E-state index in [-0.39, 0.29) is 16.7 Å². The summed E-state index contributed by atoms with van der Waals surface area (Å²) in [6.45, 7) is 9.97. The molecule has 0 saturated carbocycles. The molecule has 0 bridgehead atoms. The molecule has 1 aliphatic rings. The minimum Gasteiger partial charge on any atom is -0.369 e. The summed E-state index contributed by atoms with van der Waals surface area (Å²) >= 11 is 2.99. The Morgan fingerprint density at radius 2 is 1.91 bits per heavy atom. The number of thioether (sulfide) groups is 1. The maximum Gasteiger partial charge on any atom is 0.259 e. The highest BCUT2D eigenvalue weighted by molar-refractivity contribution is 7.99. The van der Waals surface area contributed by atoms with Gasteiger partial charge in [-0.25, -0.2) is 4.98 Å². The number of thiophene rings is 1.